The van der Waals surface area contributed by atoms with Crippen molar-refractivity contribution in [2.45, 2.75) is 200 Å². The number of rotatable bonds is 0. The molecule has 0 aromatic rings. The summed E-state index contributed by atoms with van der Waals surface area (Å²) in [5.41, 5.74) is 3.44. The highest BCUT2D eigenvalue weighted by Gasteiger charge is 2.20. The maximum absolute atomic E-state index is 8.00. The first-order chi connectivity index (χ1) is 17.1. The minimum Gasteiger partial charge on any atom is -0.307 e. The quantitative estimate of drug-likeness (QED) is 0.281. The Kier molecular flexibility index (Phi) is 39.2. The van der Waals surface area contributed by atoms with E-state index in [2.05, 4.69) is 187 Å². The van der Waals surface area contributed by atoms with Gasteiger partial charge < -0.3 is 9.59 Å². The summed E-state index contributed by atoms with van der Waals surface area (Å²) in [5, 5.41) is 0. The van der Waals surface area contributed by atoms with E-state index in [1.165, 1.54) is 12.8 Å². The highest BCUT2D eigenvalue weighted by atomic mass is 16.1. The van der Waals surface area contributed by atoms with Crippen molar-refractivity contribution in [2.24, 2.45) is 43.8 Å². The monoisotopic (exact) mass is 591 g/mol. The van der Waals surface area contributed by atoms with Gasteiger partial charge in [-0.1, -0.05) is 187 Å². The van der Waals surface area contributed by atoms with Crippen LogP contribution in [0.3, 0.4) is 0 Å². The van der Waals surface area contributed by atoms with Gasteiger partial charge in [0.15, 0.2) is 0 Å². The Morgan fingerprint density at radius 1 is 0.317 bits per heavy atom. The maximum Gasteiger partial charge on any atom is 0.106 e. The van der Waals surface area contributed by atoms with Crippen LogP contribution in [0, 0.1) is 43.8 Å². The summed E-state index contributed by atoms with van der Waals surface area (Å²) in [7, 11) is 0. The molecule has 2 heteroatoms. The molecule has 0 radical (unpaired) electrons. The van der Waals surface area contributed by atoms with Gasteiger partial charge in [-0.15, -0.1) is 0 Å². The van der Waals surface area contributed by atoms with Crippen LogP contribution >= 0.6 is 0 Å². The van der Waals surface area contributed by atoms with Crippen LogP contribution in [-0.4, -0.2) is 13.6 Å². The third-order valence-corrected chi connectivity index (χ3v) is 2.12. The third-order valence-electron chi connectivity index (χ3n) is 2.12. The van der Waals surface area contributed by atoms with E-state index in [0.717, 1.165) is 5.92 Å². The minimum atomic E-state index is 0.484. The smallest absolute Gasteiger partial charge is 0.106 e. The molecule has 0 saturated carbocycles. The Labute approximate surface area is 266 Å². The first kappa shape index (κ1) is 59.7. The molecule has 41 heavy (non-hydrogen) atoms. The number of hydrogen-bond donors (Lipinski definition) is 0. The van der Waals surface area contributed by atoms with Gasteiger partial charge in [0.2, 0.25) is 0 Å². The van der Waals surface area contributed by atoms with Crippen LogP contribution in [0.2, 0.25) is 0 Å². The molecule has 0 bridgehead atoms. The number of hydrogen-bond acceptors (Lipinski definition) is 2. The van der Waals surface area contributed by atoms with E-state index in [4.69, 9.17) is 9.59 Å². The molecule has 0 aliphatic carbocycles. The summed E-state index contributed by atoms with van der Waals surface area (Å²) in [4.78, 5) is 16.0. The Bertz CT molecular complexity index is 392. The molecule has 0 saturated heterocycles. The van der Waals surface area contributed by atoms with Crippen molar-refractivity contribution in [2.75, 3.05) is 0 Å². The summed E-state index contributed by atoms with van der Waals surface area (Å²) >= 11 is 0. The van der Waals surface area contributed by atoms with Crippen LogP contribution in [0.4, 0.5) is 0 Å². The van der Waals surface area contributed by atoms with Crippen molar-refractivity contribution in [3.8, 4) is 0 Å². The van der Waals surface area contributed by atoms with E-state index in [9.17, 15) is 0 Å². The van der Waals surface area contributed by atoms with Crippen molar-refractivity contribution in [3.63, 3.8) is 0 Å². The Morgan fingerprint density at radius 3 is 0.366 bits per heavy atom. The molecule has 0 unspecified atom stereocenters. The largest absolute Gasteiger partial charge is 0.307 e. The van der Waals surface area contributed by atoms with Gasteiger partial charge in [0.25, 0.3) is 0 Å². The summed E-state index contributed by atoms with van der Waals surface area (Å²) in [6.45, 7) is 64.2. The zero-order valence-corrected chi connectivity index (χ0v) is 34.7. The zero-order valence-electron chi connectivity index (χ0n) is 34.7. The van der Waals surface area contributed by atoms with E-state index in [1.807, 2.05) is 13.6 Å². The molecule has 2 nitrogen and oxygen atoms in total. The van der Waals surface area contributed by atoms with Crippen molar-refractivity contribution >= 4 is 13.6 Å². The molecular formula is C39H90O2. The standard InChI is InChI=1S/2C9H20.3C5H12.C4H10.2CH2O/c2*1-8(2,3)7-9(4,5)6;3*1-5(2,3)4;1-4(2)3;2*1-2/h2*7H2,1-6H3;3*1-4H3;4H,1-3H3;2*1H2. The lowest BCUT2D eigenvalue weighted by Crippen LogP contribution is -2.16. The summed E-state index contributed by atoms with van der Waals surface area (Å²) < 4.78 is 0. The molecule has 0 N–H and O–H groups in total. The van der Waals surface area contributed by atoms with Crippen LogP contribution in [0.5, 0.6) is 0 Å². The van der Waals surface area contributed by atoms with Crippen LogP contribution in [0.15, 0.2) is 0 Å². The second kappa shape index (κ2) is 26.9. The Balaban J connectivity index is -0.0000000531. The summed E-state index contributed by atoms with van der Waals surface area (Å²) in [6.07, 6.45) is 2.58. The number of carbonyl (C=O) groups is 2. The fourth-order valence-electron chi connectivity index (χ4n) is 3.18. The van der Waals surface area contributed by atoms with E-state index in [0.29, 0.717) is 37.9 Å². The minimum absolute atomic E-state index is 0.484. The van der Waals surface area contributed by atoms with Gasteiger partial charge in [0.05, 0.1) is 0 Å². The topological polar surface area (TPSA) is 34.1 Å². The van der Waals surface area contributed by atoms with Gasteiger partial charge in [0.1, 0.15) is 13.6 Å². The highest BCUT2D eigenvalue weighted by molar-refractivity contribution is 5.11. The predicted molar refractivity (Wildman–Crippen MR) is 197 cm³/mol. The van der Waals surface area contributed by atoms with Crippen molar-refractivity contribution in [1.82, 2.24) is 0 Å². The first-order valence-corrected chi connectivity index (χ1v) is 15.7. The molecular weight excluding hydrogens is 500 g/mol. The molecule has 0 heterocycles. The molecule has 0 spiro atoms. The molecule has 258 valence electrons. The van der Waals surface area contributed by atoms with Gasteiger partial charge in [0, 0.05) is 0 Å². The Morgan fingerprint density at radius 2 is 0.366 bits per heavy atom. The van der Waals surface area contributed by atoms with Crippen molar-refractivity contribution in [3.05, 3.63) is 0 Å². The molecule has 0 amide bonds. The molecule has 0 aromatic heterocycles. The fourth-order valence-corrected chi connectivity index (χ4v) is 3.18. The summed E-state index contributed by atoms with van der Waals surface area (Å²) in [5.74, 6) is 0.833. The van der Waals surface area contributed by atoms with E-state index < -0.39 is 0 Å². The lowest BCUT2D eigenvalue weighted by Gasteiger charge is -2.28. The van der Waals surface area contributed by atoms with Crippen LogP contribution in [-0.2, 0) is 9.59 Å². The summed E-state index contributed by atoms with van der Waals surface area (Å²) in [6, 6.07) is 0. The second-order valence-electron chi connectivity index (χ2n) is 21.3. The molecule has 0 fully saturated rings. The van der Waals surface area contributed by atoms with Gasteiger partial charge >= 0.3 is 0 Å². The molecule has 0 atom stereocenters. The van der Waals surface area contributed by atoms with Crippen molar-refractivity contribution in [1.29, 1.82) is 0 Å². The molecule has 0 rings (SSSR count). The van der Waals surface area contributed by atoms with E-state index in [1.54, 1.807) is 0 Å². The van der Waals surface area contributed by atoms with Gasteiger partial charge in [-0.25, -0.2) is 0 Å². The second-order valence-corrected chi connectivity index (χ2v) is 21.3. The zero-order chi connectivity index (χ0) is 36.5. The average Bonchev–Trinajstić information content (AvgIpc) is 2.46. The Hall–Kier alpha value is -0.660. The highest BCUT2D eigenvalue weighted by Crippen LogP contribution is 2.32. The van der Waals surface area contributed by atoms with E-state index in [-0.39, 0.29) is 0 Å². The fraction of sp³-hybridized carbons (Fsp3) is 0.949. The van der Waals surface area contributed by atoms with Gasteiger partial charge in [-0.3, -0.25) is 0 Å². The van der Waals surface area contributed by atoms with Crippen LogP contribution in [0.1, 0.15) is 200 Å². The average molecular weight is 591 g/mol. The van der Waals surface area contributed by atoms with Gasteiger partial charge in [-0.2, -0.15) is 0 Å². The molecule has 0 aromatic carbocycles. The predicted octanol–water partition coefficient (Wildman–Crippen LogP) is 14.4. The van der Waals surface area contributed by atoms with E-state index >= 15 is 0 Å². The van der Waals surface area contributed by atoms with Crippen molar-refractivity contribution < 1.29 is 9.59 Å². The normalized spacial score (nSPS) is 11.6. The SMILES string of the molecule is C=O.C=O.CC(C)(C)C.CC(C)(C)C.CC(C)(C)C.CC(C)(C)CC(C)(C)C.CC(C)(C)CC(C)(C)C.CC(C)C. The maximum atomic E-state index is 8.00. The third kappa shape index (κ3) is 427. The van der Waals surface area contributed by atoms with Gasteiger partial charge in [-0.05, 0) is 56.7 Å². The molecule has 0 aliphatic rings. The number of carbonyl (C=O) groups excluding carboxylic acids is 2. The molecule has 0 aliphatic heterocycles. The first-order valence-electron chi connectivity index (χ1n) is 15.7. The van der Waals surface area contributed by atoms with Crippen LogP contribution in [0.25, 0.3) is 0 Å². The van der Waals surface area contributed by atoms with Crippen LogP contribution < -0.4 is 0 Å². The lowest BCUT2D eigenvalue weighted by molar-refractivity contribution is -0.0987. The lowest BCUT2D eigenvalue weighted by atomic mass is 9.78.